The van der Waals surface area contributed by atoms with Crippen LogP contribution in [0.4, 0.5) is 15.8 Å². The molecule has 104 valence electrons. The highest BCUT2D eigenvalue weighted by Crippen LogP contribution is 2.18. The summed E-state index contributed by atoms with van der Waals surface area (Å²) in [4.78, 5) is 11.9. The van der Waals surface area contributed by atoms with Crippen molar-refractivity contribution in [1.29, 1.82) is 0 Å². The molecule has 2 rings (SSSR count). The van der Waals surface area contributed by atoms with Crippen LogP contribution in [0, 0.1) is 5.82 Å². The molecule has 0 unspecified atom stereocenters. The molecule has 0 atom stereocenters. The summed E-state index contributed by atoms with van der Waals surface area (Å²) in [5.74, 6) is -0.461. The molecule has 0 bridgehead atoms. The monoisotopic (exact) mass is 272 g/mol. The molecule has 0 aliphatic rings. The zero-order valence-electron chi connectivity index (χ0n) is 11.3. The second kappa shape index (κ2) is 6.19. The third-order valence-electron chi connectivity index (χ3n) is 3.09. The minimum Gasteiger partial charge on any atom is -0.398 e. The molecule has 0 saturated carbocycles. The van der Waals surface area contributed by atoms with Crippen LogP contribution in [-0.2, 0) is 17.6 Å². The van der Waals surface area contributed by atoms with Crippen LogP contribution < -0.4 is 11.1 Å². The van der Waals surface area contributed by atoms with Crippen molar-refractivity contribution in [2.24, 2.45) is 0 Å². The van der Waals surface area contributed by atoms with Crippen molar-refractivity contribution in [2.45, 2.75) is 19.8 Å². The van der Waals surface area contributed by atoms with E-state index in [0.29, 0.717) is 11.4 Å². The lowest BCUT2D eigenvalue weighted by Gasteiger charge is -2.08. The van der Waals surface area contributed by atoms with Crippen molar-refractivity contribution in [2.75, 3.05) is 11.1 Å². The lowest BCUT2D eigenvalue weighted by Crippen LogP contribution is -2.14. The number of carbonyl (C=O) groups is 1. The van der Waals surface area contributed by atoms with E-state index >= 15 is 0 Å². The average molecular weight is 272 g/mol. The first-order valence-electron chi connectivity index (χ1n) is 6.51. The summed E-state index contributed by atoms with van der Waals surface area (Å²) >= 11 is 0. The van der Waals surface area contributed by atoms with Crippen molar-refractivity contribution in [3.63, 3.8) is 0 Å². The van der Waals surface area contributed by atoms with Crippen LogP contribution in [0.5, 0.6) is 0 Å². The fourth-order valence-corrected chi connectivity index (χ4v) is 1.99. The van der Waals surface area contributed by atoms with Crippen molar-refractivity contribution in [1.82, 2.24) is 0 Å². The number of benzene rings is 2. The van der Waals surface area contributed by atoms with E-state index in [9.17, 15) is 9.18 Å². The Bertz CT molecular complexity index is 608. The number of nitrogens with two attached hydrogens (primary N) is 1. The van der Waals surface area contributed by atoms with Crippen LogP contribution in [0.1, 0.15) is 18.1 Å². The van der Waals surface area contributed by atoms with Gasteiger partial charge < -0.3 is 11.1 Å². The first kappa shape index (κ1) is 14.1. The molecule has 0 aromatic heterocycles. The van der Waals surface area contributed by atoms with Crippen LogP contribution in [0.25, 0.3) is 0 Å². The topological polar surface area (TPSA) is 55.1 Å². The SMILES string of the molecule is CCc1ccc(NC(=O)Cc2ccc(F)cc2)cc1N. The van der Waals surface area contributed by atoms with Gasteiger partial charge in [0.1, 0.15) is 5.82 Å². The molecule has 0 radical (unpaired) electrons. The number of halogens is 1. The standard InChI is InChI=1S/C16H17FN2O/c1-2-12-5-8-14(10-15(12)18)19-16(20)9-11-3-6-13(17)7-4-11/h3-8,10H,2,9,18H2,1H3,(H,19,20). The maximum atomic E-state index is 12.8. The van der Waals surface area contributed by atoms with Gasteiger partial charge in [0.2, 0.25) is 5.91 Å². The Kier molecular flexibility index (Phi) is 4.35. The van der Waals surface area contributed by atoms with E-state index in [1.165, 1.54) is 12.1 Å². The van der Waals surface area contributed by atoms with Gasteiger partial charge in [-0.2, -0.15) is 0 Å². The third-order valence-corrected chi connectivity index (χ3v) is 3.09. The maximum Gasteiger partial charge on any atom is 0.228 e. The Labute approximate surface area is 117 Å². The van der Waals surface area contributed by atoms with Crippen molar-refractivity contribution in [3.05, 3.63) is 59.4 Å². The summed E-state index contributed by atoms with van der Waals surface area (Å²) in [6, 6.07) is 11.4. The maximum absolute atomic E-state index is 12.8. The summed E-state index contributed by atoms with van der Waals surface area (Å²) < 4.78 is 12.8. The second-order valence-electron chi connectivity index (χ2n) is 4.62. The van der Waals surface area contributed by atoms with Gasteiger partial charge in [0, 0.05) is 11.4 Å². The predicted molar refractivity (Wildman–Crippen MR) is 79.0 cm³/mol. The number of amides is 1. The van der Waals surface area contributed by atoms with Crippen LogP contribution in [0.2, 0.25) is 0 Å². The van der Waals surface area contributed by atoms with Gasteiger partial charge in [-0.05, 0) is 41.8 Å². The first-order chi connectivity index (χ1) is 9.58. The molecule has 4 heteroatoms. The predicted octanol–water partition coefficient (Wildman–Crippen LogP) is 3.15. The quantitative estimate of drug-likeness (QED) is 0.840. The van der Waals surface area contributed by atoms with E-state index in [1.807, 2.05) is 19.1 Å². The molecule has 3 N–H and O–H groups in total. The Morgan fingerprint density at radius 1 is 1.20 bits per heavy atom. The summed E-state index contributed by atoms with van der Waals surface area (Å²) in [6.07, 6.45) is 1.06. The van der Waals surface area contributed by atoms with Crippen LogP contribution >= 0.6 is 0 Å². The van der Waals surface area contributed by atoms with Crippen LogP contribution in [0.15, 0.2) is 42.5 Å². The summed E-state index contributed by atoms with van der Waals surface area (Å²) in [5.41, 5.74) is 9.05. The number of nitrogen functional groups attached to an aromatic ring is 1. The molecule has 0 saturated heterocycles. The normalized spacial score (nSPS) is 10.3. The number of hydrogen-bond acceptors (Lipinski definition) is 2. The lowest BCUT2D eigenvalue weighted by molar-refractivity contribution is -0.115. The molecule has 0 fully saturated rings. The van der Waals surface area contributed by atoms with Crippen molar-refractivity contribution >= 4 is 17.3 Å². The Morgan fingerprint density at radius 3 is 2.50 bits per heavy atom. The van der Waals surface area contributed by atoms with E-state index in [2.05, 4.69) is 5.32 Å². The molecule has 0 aliphatic heterocycles. The highest BCUT2D eigenvalue weighted by atomic mass is 19.1. The van der Waals surface area contributed by atoms with Gasteiger partial charge in [-0.25, -0.2) is 4.39 Å². The number of carbonyl (C=O) groups excluding carboxylic acids is 1. The fraction of sp³-hybridized carbons (Fsp3) is 0.188. The number of aryl methyl sites for hydroxylation is 1. The zero-order chi connectivity index (χ0) is 14.5. The van der Waals surface area contributed by atoms with Crippen molar-refractivity contribution < 1.29 is 9.18 Å². The molecule has 3 nitrogen and oxygen atoms in total. The number of hydrogen-bond donors (Lipinski definition) is 2. The van der Waals surface area contributed by atoms with Gasteiger partial charge in [-0.1, -0.05) is 25.1 Å². The third kappa shape index (κ3) is 3.57. The van der Waals surface area contributed by atoms with E-state index < -0.39 is 0 Å². The summed E-state index contributed by atoms with van der Waals surface area (Å²) in [5, 5.41) is 2.78. The first-order valence-corrected chi connectivity index (χ1v) is 6.51. The average Bonchev–Trinajstić information content (AvgIpc) is 2.41. The largest absolute Gasteiger partial charge is 0.398 e. The molecular formula is C16H17FN2O. The molecule has 1 amide bonds. The van der Waals surface area contributed by atoms with E-state index in [4.69, 9.17) is 5.73 Å². The molecule has 2 aromatic rings. The lowest BCUT2D eigenvalue weighted by atomic mass is 10.1. The van der Waals surface area contributed by atoms with Gasteiger partial charge in [0.15, 0.2) is 0 Å². The van der Waals surface area contributed by atoms with E-state index in [-0.39, 0.29) is 18.1 Å². The van der Waals surface area contributed by atoms with Crippen molar-refractivity contribution in [3.8, 4) is 0 Å². The fourth-order valence-electron chi connectivity index (χ4n) is 1.99. The Morgan fingerprint density at radius 2 is 1.90 bits per heavy atom. The molecule has 20 heavy (non-hydrogen) atoms. The summed E-state index contributed by atoms with van der Waals surface area (Å²) in [7, 11) is 0. The van der Waals surface area contributed by atoms with Crippen LogP contribution in [0.3, 0.4) is 0 Å². The zero-order valence-corrected chi connectivity index (χ0v) is 11.3. The Balaban J connectivity index is 2.01. The van der Waals surface area contributed by atoms with Gasteiger partial charge in [0.25, 0.3) is 0 Å². The van der Waals surface area contributed by atoms with Gasteiger partial charge >= 0.3 is 0 Å². The second-order valence-corrected chi connectivity index (χ2v) is 4.62. The number of nitrogens with one attached hydrogen (secondary N) is 1. The summed E-state index contributed by atoms with van der Waals surface area (Å²) in [6.45, 7) is 2.03. The van der Waals surface area contributed by atoms with Gasteiger partial charge in [-0.3, -0.25) is 4.79 Å². The van der Waals surface area contributed by atoms with Gasteiger partial charge in [0.05, 0.1) is 6.42 Å². The number of anilines is 2. The highest BCUT2D eigenvalue weighted by Gasteiger charge is 2.06. The van der Waals surface area contributed by atoms with Gasteiger partial charge in [-0.15, -0.1) is 0 Å². The molecule has 2 aromatic carbocycles. The number of rotatable bonds is 4. The molecular weight excluding hydrogens is 255 g/mol. The Hall–Kier alpha value is -2.36. The van der Waals surface area contributed by atoms with E-state index in [1.54, 1.807) is 18.2 Å². The minimum absolute atomic E-state index is 0.153. The molecule has 0 spiro atoms. The molecule has 0 aliphatic carbocycles. The highest BCUT2D eigenvalue weighted by molar-refractivity contribution is 5.92. The van der Waals surface area contributed by atoms with Crippen LogP contribution in [-0.4, -0.2) is 5.91 Å². The van der Waals surface area contributed by atoms with E-state index in [0.717, 1.165) is 17.5 Å². The molecule has 0 heterocycles. The minimum atomic E-state index is -0.308. The smallest absolute Gasteiger partial charge is 0.228 e.